The molecule has 0 heterocycles. The van der Waals surface area contributed by atoms with Crippen LogP contribution in [0.25, 0.3) is 0 Å². The molecule has 0 radical (unpaired) electrons. The van der Waals surface area contributed by atoms with Crippen molar-refractivity contribution in [2.45, 2.75) is 32.5 Å². The summed E-state index contributed by atoms with van der Waals surface area (Å²) in [7, 11) is 0. The van der Waals surface area contributed by atoms with E-state index in [1.165, 1.54) is 24.3 Å². The third-order valence-corrected chi connectivity index (χ3v) is 2.34. The number of halogens is 3. The van der Waals surface area contributed by atoms with Gasteiger partial charge in [0.05, 0.1) is 5.97 Å². The Bertz CT molecular complexity index is 474. The molecule has 0 fully saturated rings. The molecule has 1 rings (SSSR count). The molecule has 0 N–H and O–H groups in total. The van der Waals surface area contributed by atoms with E-state index < -0.39 is 30.3 Å². The van der Waals surface area contributed by atoms with E-state index in [2.05, 4.69) is 0 Å². The van der Waals surface area contributed by atoms with Gasteiger partial charge in [0.25, 0.3) is 0 Å². The molecule has 4 nitrogen and oxygen atoms in total. The lowest BCUT2D eigenvalue weighted by Crippen LogP contribution is -2.43. The zero-order chi connectivity index (χ0) is 16.3. The molecule has 0 bridgehead atoms. The van der Waals surface area contributed by atoms with Gasteiger partial charge in [0.15, 0.2) is 0 Å². The van der Waals surface area contributed by atoms with Crippen LogP contribution in [0.5, 0.6) is 11.5 Å². The fraction of sp³-hybridized carbons (Fsp3) is 0.500. The number of carbonyl (C=O) groups is 1. The second-order valence-electron chi connectivity index (χ2n) is 5.41. The lowest BCUT2D eigenvalue weighted by atomic mass is 10.1. The van der Waals surface area contributed by atoms with Crippen molar-refractivity contribution in [2.75, 3.05) is 6.61 Å². The average molecular weight is 305 g/mol. The second-order valence-corrected chi connectivity index (χ2v) is 5.41. The van der Waals surface area contributed by atoms with E-state index in [0.717, 1.165) is 0 Å². The molecule has 0 spiro atoms. The third-order valence-electron chi connectivity index (χ3n) is 2.34. The van der Waals surface area contributed by atoms with Crippen molar-refractivity contribution in [1.29, 1.82) is 0 Å². The molecule has 21 heavy (non-hydrogen) atoms. The average Bonchev–Trinajstić information content (AvgIpc) is 2.27. The summed E-state index contributed by atoms with van der Waals surface area (Å²) in [4.78, 5) is 10.4. The number of aliphatic carboxylic acids is 1. The highest BCUT2D eigenvalue weighted by Gasteiger charge is 2.41. The largest absolute Gasteiger partial charge is 0.549 e. The number of hydrogen-bond acceptors (Lipinski definition) is 4. The van der Waals surface area contributed by atoms with Gasteiger partial charge in [0, 0.05) is 0 Å². The van der Waals surface area contributed by atoms with Gasteiger partial charge >= 0.3 is 6.18 Å². The molecular weight excluding hydrogens is 289 g/mol. The van der Waals surface area contributed by atoms with Crippen LogP contribution in [0.2, 0.25) is 0 Å². The molecular formula is C14H16F3O4-. The van der Waals surface area contributed by atoms with Crippen molar-refractivity contribution < 1.29 is 32.5 Å². The number of ether oxygens (including phenoxy) is 2. The van der Waals surface area contributed by atoms with Gasteiger partial charge in [-0.15, -0.1) is 0 Å². The van der Waals surface area contributed by atoms with Gasteiger partial charge < -0.3 is 19.4 Å². The predicted octanol–water partition coefficient (Wildman–Crippen LogP) is 2.17. The molecule has 0 aliphatic heterocycles. The molecule has 1 atom stereocenters. The minimum Gasteiger partial charge on any atom is -0.549 e. The maximum absolute atomic E-state index is 12.4. The molecule has 1 aromatic rings. The highest BCUT2D eigenvalue weighted by atomic mass is 19.4. The molecule has 0 amide bonds. The Balaban J connectivity index is 2.66. The number of hydrogen-bond donors (Lipinski definition) is 0. The minimum absolute atomic E-state index is 0.117. The normalized spacial score (nSPS) is 13.6. The van der Waals surface area contributed by atoms with Crippen LogP contribution >= 0.6 is 0 Å². The Hall–Kier alpha value is -1.92. The van der Waals surface area contributed by atoms with E-state index in [-0.39, 0.29) is 5.75 Å². The van der Waals surface area contributed by atoms with Crippen molar-refractivity contribution in [3.63, 3.8) is 0 Å². The van der Waals surface area contributed by atoms with Crippen LogP contribution in [0, 0.1) is 5.92 Å². The number of carboxylic acid groups (broad SMARTS) is 1. The van der Waals surface area contributed by atoms with Crippen molar-refractivity contribution in [1.82, 2.24) is 0 Å². The maximum atomic E-state index is 12.4. The SMILES string of the molecule is CC(C)(C)Oc1ccc(OCC(C(=O)[O-])C(F)(F)F)cc1. The van der Waals surface area contributed by atoms with Gasteiger partial charge in [-0.2, -0.15) is 13.2 Å². The first kappa shape index (κ1) is 17.1. The molecule has 0 aliphatic carbocycles. The highest BCUT2D eigenvalue weighted by molar-refractivity contribution is 5.68. The van der Waals surface area contributed by atoms with Gasteiger partial charge in [0.2, 0.25) is 0 Å². The lowest BCUT2D eigenvalue weighted by molar-refractivity contribution is -0.327. The van der Waals surface area contributed by atoms with Crippen molar-refractivity contribution in [3.8, 4) is 11.5 Å². The Morgan fingerprint density at radius 1 is 1.14 bits per heavy atom. The first-order valence-electron chi connectivity index (χ1n) is 6.18. The van der Waals surface area contributed by atoms with Crippen LogP contribution in [0.1, 0.15) is 20.8 Å². The second kappa shape index (κ2) is 6.24. The van der Waals surface area contributed by atoms with Crippen LogP contribution in [0.3, 0.4) is 0 Å². The van der Waals surface area contributed by atoms with E-state index in [1.54, 1.807) is 0 Å². The fourth-order valence-electron chi connectivity index (χ4n) is 1.43. The summed E-state index contributed by atoms with van der Waals surface area (Å²) in [5.41, 5.74) is -0.404. The molecule has 0 saturated heterocycles. The molecule has 118 valence electrons. The van der Waals surface area contributed by atoms with Gasteiger partial charge in [-0.25, -0.2) is 0 Å². The first-order chi connectivity index (χ1) is 9.49. The van der Waals surface area contributed by atoms with Crippen LogP contribution in [0.4, 0.5) is 13.2 Å². The smallest absolute Gasteiger partial charge is 0.400 e. The van der Waals surface area contributed by atoms with Crippen LogP contribution < -0.4 is 14.6 Å². The lowest BCUT2D eigenvalue weighted by Gasteiger charge is -2.22. The number of carbonyl (C=O) groups excluding carboxylic acids is 1. The number of benzene rings is 1. The molecule has 0 aromatic heterocycles. The summed E-state index contributed by atoms with van der Waals surface area (Å²) < 4.78 is 47.6. The summed E-state index contributed by atoms with van der Waals surface area (Å²) in [5, 5.41) is 10.4. The van der Waals surface area contributed by atoms with E-state index in [1.807, 2.05) is 20.8 Å². The van der Waals surface area contributed by atoms with Crippen molar-refractivity contribution in [3.05, 3.63) is 24.3 Å². The van der Waals surface area contributed by atoms with Crippen LogP contribution in [-0.4, -0.2) is 24.4 Å². The number of alkyl halides is 3. The standard InChI is InChI=1S/C14H17F3O4/c1-13(2,3)21-10-6-4-9(5-7-10)20-8-11(12(18)19)14(15,16)17/h4-7,11H,8H2,1-3H3,(H,18,19)/p-1. The zero-order valence-corrected chi connectivity index (χ0v) is 11.9. The Morgan fingerprint density at radius 3 is 2.00 bits per heavy atom. The number of rotatable bonds is 5. The Labute approximate surface area is 120 Å². The molecule has 0 saturated carbocycles. The Kier molecular flexibility index (Phi) is 5.09. The van der Waals surface area contributed by atoms with Crippen LogP contribution in [-0.2, 0) is 4.79 Å². The van der Waals surface area contributed by atoms with E-state index in [9.17, 15) is 23.1 Å². The summed E-state index contributed by atoms with van der Waals surface area (Å²) in [5.74, 6) is -4.23. The summed E-state index contributed by atoms with van der Waals surface area (Å²) in [6.07, 6.45) is -4.91. The monoisotopic (exact) mass is 305 g/mol. The maximum Gasteiger partial charge on any atom is 0.400 e. The minimum atomic E-state index is -4.91. The van der Waals surface area contributed by atoms with Crippen LogP contribution in [0.15, 0.2) is 24.3 Å². The topological polar surface area (TPSA) is 58.6 Å². The van der Waals surface area contributed by atoms with E-state index >= 15 is 0 Å². The van der Waals surface area contributed by atoms with Gasteiger partial charge in [-0.1, -0.05) is 0 Å². The molecule has 1 unspecified atom stereocenters. The van der Waals surface area contributed by atoms with E-state index in [4.69, 9.17) is 9.47 Å². The van der Waals surface area contributed by atoms with Gasteiger partial charge in [0.1, 0.15) is 29.6 Å². The summed E-state index contributed by atoms with van der Waals surface area (Å²) >= 11 is 0. The number of carboxylic acids is 1. The quantitative estimate of drug-likeness (QED) is 0.836. The molecule has 1 aromatic carbocycles. The predicted molar refractivity (Wildman–Crippen MR) is 66.9 cm³/mol. The first-order valence-corrected chi connectivity index (χ1v) is 6.18. The van der Waals surface area contributed by atoms with Crippen molar-refractivity contribution >= 4 is 5.97 Å². The molecule has 0 aliphatic rings. The van der Waals surface area contributed by atoms with Gasteiger partial charge in [-0.3, -0.25) is 0 Å². The van der Waals surface area contributed by atoms with E-state index in [0.29, 0.717) is 5.75 Å². The third kappa shape index (κ3) is 5.93. The molecule has 7 heteroatoms. The summed E-state index contributed by atoms with van der Waals surface area (Å²) in [6.45, 7) is 4.52. The highest BCUT2D eigenvalue weighted by Crippen LogP contribution is 2.27. The summed E-state index contributed by atoms with van der Waals surface area (Å²) in [6, 6.07) is 5.87. The zero-order valence-electron chi connectivity index (χ0n) is 11.9. The van der Waals surface area contributed by atoms with Gasteiger partial charge in [-0.05, 0) is 45.0 Å². The van der Waals surface area contributed by atoms with Crippen molar-refractivity contribution in [2.24, 2.45) is 5.92 Å². The Morgan fingerprint density at radius 2 is 1.62 bits per heavy atom. The fourth-order valence-corrected chi connectivity index (χ4v) is 1.43.